The van der Waals surface area contributed by atoms with E-state index in [2.05, 4.69) is 10.1 Å². The summed E-state index contributed by atoms with van der Waals surface area (Å²) in [5.74, 6) is 0.234. The number of hydrogen-bond donors (Lipinski definition) is 0. The first-order chi connectivity index (χ1) is 9.10. The number of methoxy groups -OCH3 is 1. The topological polar surface area (TPSA) is 65.7 Å². The Hall–Kier alpha value is -2.11. The molecule has 0 unspecified atom stereocenters. The average molecular weight is 263 g/mol. The van der Waals surface area contributed by atoms with Crippen molar-refractivity contribution in [3.8, 4) is 5.88 Å². The highest BCUT2D eigenvalue weighted by Gasteiger charge is 2.23. The molecule has 0 aliphatic carbocycles. The van der Waals surface area contributed by atoms with E-state index >= 15 is 0 Å². The fourth-order valence-electron chi connectivity index (χ4n) is 2.11. The summed E-state index contributed by atoms with van der Waals surface area (Å²) in [5, 5.41) is 4.11. The number of ether oxygens (including phenoxy) is 2. The Labute approximate surface area is 111 Å². The second-order valence-corrected chi connectivity index (χ2v) is 4.39. The van der Waals surface area contributed by atoms with Gasteiger partial charge in [-0.3, -0.25) is 0 Å². The average Bonchev–Trinajstić information content (AvgIpc) is 2.78. The van der Waals surface area contributed by atoms with E-state index in [-0.39, 0.29) is 11.9 Å². The van der Waals surface area contributed by atoms with Crippen LogP contribution in [0.25, 0.3) is 5.52 Å². The predicted molar refractivity (Wildman–Crippen MR) is 69.6 cm³/mol. The molecule has 2 aromatic heterocycles. The van der Waals surface area contributed by atoms with Crippen LogP contribution in [-0.2, 0) is 4.74 Å². The van der Waals surface area contributed by atoms with Crippen molar-refractivity contribution >= 4 is 11.5 Å². The Balaban J connectivity index is 2.71. The van der Waals surface area contributed by atoms with Gasteiger partial charge >= 0.3 is 5.97 Å². The van der Waals surface area contributed by atoms with Crippen molar-refractivity contribution < 1.29 is 14.3 Å². The molecule has 0 saturated carbocycles. The number of aromatic nitrogens is 3. The molecule has 0 aliphatic rings. The van der Waals surface area contributed by atoms with Crippen LogP contribution in [0.5, 0.6) is 5.88 Å². The van der Waals surface area contributed by atoms with Crippen molar-refractivity contribution in [2.75, 3.05) is 13.7 Å². The second-order valence-electron chi connectivity index (χ2n) is 4.39. The zero-order chi connectivity index (χ0) is 14.0. The van der Waals surface area contributed by atoms with Crippen LogP contribution in [0.15, 0.2) is 12.5 Å². The van der Waals surface area contributed by atoms with E-state index in [1.165, 1.54) is 6.33 Å². The second kappa shape index (κ2) is 5.26. The van der Waals surface area contributed by atoms with E-state index in [0.717, 1.165) is 5.56 Å². The van der Waals surface area contributed by atoms with E-state index in [1.54, 1.807) is 24.7 Å². The van der Waals surface area contributed by atoms with Gasteiger partial charge in [-0.1, -0.05) is 13.8 Å². The van der Waals surface area contributed by atoms with E-state index in [1.807, 2.05) is 13.8 Å². The van der Waals surface area contributed by atoms with E-state index in [9.17, 15) is 4.79 Å². The molecule has 6 nitrogen and oxygen atoms in total. The zero-order valence-corrected chi connectivity index (χ0v) is 11.5. The van der Waals surface area contributed by atoms with Crippen LogP contribution in [0.3, 0.4) is 0 Å². The maximum absolute atomic E-state index is 12.0. The Morgan fingerprint density at radius 2 is 2.21 bits per heavy atom. The van der Waals surface area contributed by atoms with Gasteiger partial charge in [-0.15, -0.1) is 0 Å². The smallest absolute Gasteiger partial charge is 0.340 e. The third kappa shape index (κ3) is 2.25. The van der Waals surface area contributed by atoms with Crippen LogP contribution in [-0.4, -0.2) is 34.3 Å². The third-order valence-electron chi connectivity index (χ3n) is 2.85. The fourth-order valence-corrected chi connectivity index (χ4v) is 2.11. The maximum atomic E-state index is 12.0. The van der Waals surface area contributed by atoms with Crippen LogP contribution < -0.4 is 4.74 Å². The summed E-state index contributed by atoms with van der Waals surface area (Å²) in [6.45, 7) is 6.13. The first-order valence-corrected chi connectivity index (χ1v) is 6.17. The molecule has 0 spiro atoms. The third-order valence-corrected chi connectivity index (χ3v) is 2.85. The molecule has 0 aromatic carbocycles. The predicted octanol–water partition coefficient (Wildman–Crippen LogP) is 2.04. The molecular formula is C13H17N3O3. The number of carbonyl (C=O) groups excluding carboxylic acids is 1. The normalized spacial score (nSPS) is 11.0. The molecule has 2 heterocycles. The molecular weight excluding hydrogens is 246 g/mol. The summed E-state index contributed by atoms with van der Waals surface area (Å²) in [5.41, 5.74) is 2.06. The van der Waals surface area contributed by atoms with Gasteiger partial charge in [0, 0.05) is 11.8 Å². The minimum Gasteiger partial charge on any atom is -0.479 e. The first kappa shape index (κ1) is 13.3. The molecule has 2 rings (SSSR count). The van der Waals surface area contributed by atoms with Crippen LogP contribution in [0.1, 0.15) is 42.6 Å². The van der Waals surface area contributed by atoms with E-state index in [0.29, 0.717) is 23.6 Å². The lowest BCUT2D eigenvalue weighted by molar-refractivity contribution is 0.0525. The molecule has 0 N–H and O–H groups in total. The number of rotatable bonds is 4. The van der Waals surface area contributed by atoms with Gasteiger partial charge in [0.1, 0.15) is 11.8 Å². The van der Waals surface area contributed by atoms with Crippen LogP contribution in [0.4, 0.5) is 0 Å². The van der Waals surface area contributed by atoms with Gasteiger partial charge in [-0.25, -0.2) is 9.31 Å². The Kier molecular flexibility index (Phi) is 3.69. The van der Waals surface area contributed by atoms with Crippen LogP contribution >= 0.6 is 0 Å². The summed E-state index contributed by atoms with van der Waals surface area (Å²) >= 11 is 0. The van der Waals surface area contributed by atoms with Crippen LogP contribution in [0.2, 0.25) is 0 Å². The van der Waals surface area contributed by atoms with Gasteiger partial charge in [0.25, 0.3) is 0 Å². The minimum atomic E-state index is -0.348. The Bertz CT molecular complexity index is 604. The molecule has 0 atom stereocenters. The van der Waals surface area contributed by atoms with Gasteiger partial charge < -0.3 is 9.47 Å². The van der Waals surface area contributed by atoms with Crippen LogP contribution in [0, 0.1) is 0 Å². The van der Waals surface area contributed by atoms with Crippen molar-refractivity contribution in [3.63, 3.8) is 0 Å². The first-order valence-electron chi connectivity index (χ1n) is 6.17. The molecule has 0 aliphatic heterocycles. The zero-order valence-electron chi connectivity index (χ0n) is 11.5. The van der Waals surface area contributed by atoms with Gasteiger partial charge in [0.05, 0.1) is 19.3 Å². The van der Waals surface area contributed by atoms with Crippen molar-refractivity contribution in [3.05, 3.63) is 23.7 Å². The quantitative estimate of drug-likeness (QED) is 0.790. The molecule has 0 saturated heterocycles. The molecule has 6 heteroatoms. The standard InChI is InChI=1S/C13H17N3O3/c1-5-19-13(17)9-6-16-11(10(9)8(2)3)12(18-4)14-7-15-16/h6-8H,5H2,1-4H3. The summed E-state index contributed by atoms with van der Waals surface area (Å²) in [6.07, 6.45) is 3.05. The summed E-state index contributed by atoms with van der Waals surface area (Å²) in [7, 11) is 1.55. The summed E-state index contributed by atoms with van der Waals surface area (Å²) in [6, 6.07) is 0. The largest absolute Gasteiger partial charge is 0.479 e. The summed E-state index contributed by atoms with van der Waals surface area (Å²) in [4.78, 5) is 16.1. The van der Waals surface area contributed by atoms with Gasteiger partial charge in [-0.05, 0) is 12.8 Å². The number of hydrogen-bond acceptors (Lipinski definition) is 5. The molecule has 19 heavy (non-hydrogen) atoms. The molecule has 0 bridgehead atoms. The minimum absolute atomic E-state index is 0.129. The van der Waals surface area contributed by atoms with Gasteiger partial charge in [-0.2, -0.15) is 10.1 Å². The lowest BCUT2D eigenvalue weighted by Crippen LogP contribution is -2.07. The highest BCUT2D eigenvalue weighted by molar-refractivity contribution is 5.94. The maximum Gasteiger partial charge on any atom is 0.340 e. The van der Waals surface area contributed by atoms with E-state index in [4.69, 9.17) is 9.47 Å². The number of fused-ring (bicyclic) bond motifs is 1. The highest BCUT2D eigenvalue weighted by atomic mass is 16.5. The summed E-state index contributed by atoms with van der Waals surface area (Å²) < 4.78 is 11.9. The molecule has 2 aromatic rings. The Morgan fingerprint density at radius 1 is 1.47 bits per heavy atom. The number of nitrogens with zero attached hydrogens (tertiary/aromatic N) is 3. The number of carbonyl (C=O) groups is 1. The highest BCUT2D eigenvalue weighted by Crippen LogP contribution is 2.31. The SMILES string of the molecule is CCOC(=O)c1cn2ncnc(OC)c2c1C(C)C. The van der Waals surface area contributed by atoms with Crippen molar-refractivity contribution in [2.45, 2.75) is 26.7 Å². The molecule has 0 amide bonds. The molecule has 102 valence electrons. The molecule has 0 fully saturated rings. The van der Waals surface area contributed by atoms with Crippen molar-refractivity contribution in [1.29, 1.82) is 0 Å². The van der Waals surface area contributed by atoms with E-state index < -0.39 is 0 Å². The fraction of sp³-hybridized carbons (Fsp3) is 0.462. The Morgan fingerprint density at radius 3 is 2.79 bits per heavy atom. The van der Waals surface area contributed by atoms with Crippen molar-refractivity contribution in [1.82, 2.24) is 14.6 Å². The van der Waals surface area contributed by atoms with Gasteiger partial charge in [0.2, 0.25) is 5.88 Å². The number of esters is 1. The van der Waals surface area contributed by atoms with Gasteiger partial charge in [0.15, 0.2) is 0 Å². The molecule has 0 radical (unpaired) electrons. The van der Waals surface area contributed by atoms with Crippen molar-refractivity contribution in [2.24, 2.45) is 0 Å². The lowest BCUT2D eigenvalue weighted by Gasteiger charge is -2.09. The lowest BCUT2D eigenvalue weighted by atomic mass is 10.0. The monoisotopic (exact) mass is 263 g/mol.